The van der Waals surface area contributed by atoms with Crippen LogP contribution < -0.4 is 10.4 Å². The molecule has 2 heterocycles. The summed E-state index contributed by atoms with van der Waals surface area (Å²) in [5, 5.41) is 26.7. The Labute approximate surface area is 278 Å². The number of fused-ring (bicyclic) bond motifs is 2. The fourth-order valence-corrected chi connectivity index (χ4v) is 12.2. The molecule has 2 aromatic rings. The molecule has 44 heavy (non-hydrogen) atoms. The molecule has 1 aliphatic carbocycles. The highest BCUT2D eigenvalue weighted by Crippen LogP contribution is 2.63. The molecule has 8 heteroatoms. The number of ketones is 2. The molecule has 0 spiro atoms. The molecular weight excluding hydrogens is 625 g/mol. The number of rotatable bonds is 0. The van der Waals surface area contributed by atoms with Gasteiger partial charge in [-0.1, -0.05) is 154 Å². The van der Waals surface area contributed by atoms with Gasteiger partial charge >= 0.3 is 0 Å². The number of phenolic OH excluding ortho intramolecular Hbond substituents is 1. The first-order chi connectivity index (χ1) is 20.0. The Kier molecular flexibility index (Phi) is 8.18. The molecule has 0 atom stereocenters. The van der Waals surface area contributed by atoms with Crippen LogP contribution in [0.4, 0.5) is 0 Å². The van der Waals surface area contributed by atoms with E-state index < -0.39 is 21.7 Å². The van der Waals surface area contributed by atoms with Gasteiger partial charge in [0.05, 0.1) is 8.47 Å². The van der Waals surface area contributed by atoms with Gasteiger partial charge in [-0.3, -0.25) is 14.7 Å². The fraction of sp³-hybridized carbons (Fsp3) is 0.444. The van der Waals surface area contributed by atoms with Gasteiger partial charge < -0.3 is 5.11 Å². The lowest BCUT2D eigenvalue weighted by Gasteiger charge is -2.32. The van der Waals surface area contributed by atoms with E-state index in [1.165, 1.54) is 0 Å². The van der Waals surface area contributed by atoms with E-state index in [9.17, 15) is 19.8 Å². The van der Waals surface area contributed by atoms with Crippen LogP contribution in [0.5, 0.6) is 11.5 Å². The SMILES string of the molecule is CC(C)(C)C1=C2SC(=c3ccc(=C4Sc5c(c(C(C)(C)C)c(O)c([O])c5C(C)(C)C)S4)cc3)SC2=C(C(C)(C)C)C(=O)C1=O. The van der Waals surface area contributed by atoms with Gasteiger partial charge in [-0.15, -0.1) is 0 Å². The minimum absolute atomic E-state index is 0.135. The molecule has 0 unspecified atom stereocenters. The first-order valence-electron chi connectivity index (χ1n) is 14.8. The van der Waals surface area contributed by atoms with Crippen LogP contribution in [-0.4, -0.2) is 16.7 Å². The van der Waals surface area contributed by atoms with Crippen LogP contribution in [0.25, 0.3) is 8.47 Å². The minimum atomic E-state index is -0.456. The Morgan fingerprint density at radius 2 is 0.864 bits per heavy atom. The number of hydrogen-bond donors (Lipinski definition) is 1. The third-order valence-corrected chi connectivity index (χ3v) is 13.2. The van der Waals surface area contributed by atoms with Crippen LogP contribution in [0.1, 0.15) is 94.2 Å². The zero-order chi connectivity index (χ0) is 32.9. The lowest BCUT2D eigenvalue weighted by molar-refractivity contribution is -0.133. The van der Waals surface area contributed by atoms with E-state index in [1.807, 2.05) is 83.1 Å². The normalized spacial score (nSPS) is 18.1. The molecular formula is C36H41O4S4. The average Bonchev–Trinajstić information content (AvgIpc) is 3.46. The third-order valence-electron chi connectivity index (χ3n) is 7.80. The molecule has 4 nitrogen and oxygen atoms in total. The van der Waals surface area contributed by atoms with Crippen molar-refractivity contribution in [3.8, 4) is 11.5 Å². The highest BCUT2D eigenvalue weighted by molar-refractivity contribution is 8.37. The van der Waals surface area contributed by atoms with E-state index in [4.69, 9.17) is 0 Å². The number of Topliss-reactive ketones (excluding diaryl/α,β-unsaturated/α-hetero) is 2. The summed E-state index contributed by atoms with van der Waals surface area (Å²) in [6.45, 7) is 24.1. The van der Waals surface area contributed by atoms with Gasteiger partial charge in [-0.05, 0) is 32.1 Å². The molecule has 3 aliphatic rings. The van der Waals surface area contributed by atoms with E-state index >= 15 is 0 Å². The van der Waals surface area contributed by atoms with E-state index in [1.54, 1.807) is 47.0 Å². The van der Waals surface area contributed by atoms with Crippen molar-refractivity contribution in [1.29, 1.82) is 0 Å². The first-order valence-corrected chi connectivity index (χ1v) is 18.1. The summed E-state index contributed by atoms with van der Waals surface area (Å²) in [4.78, 5) is 30.6. The van der Waals surface area contributed by atoms with Gasteiger partial charge in [0.1, 0.15) is 0 Å². The van der Waals surface area contributed by atoms with Gasteiger partial charge in [-0.2, -0.15) is 0 Å². The Bertz CT molecular complexity index is 1710. The maximum atomic E-state index is 13.5. The lowest BCUT2D eigenvalue weighted by atomic mass is 9.73. The minimum Gasteiger partial charge on any atom is -0.504 e. The second-order valence-electron chi connectivity index (χ2n) is 15.7. The van der Waals surface area contributed by atoms with Crippen molar-refractivity contribution in [1.82, 2.24) is 0 Å². The molecule has 2 aliphatic heterocycles. The smallest absolute Gasteiger partial charge is 0.230 e. The monoisotopic (exact) mass is 665 g/mol. The molecule has 1 saturated heterocycles. The molecule has 0 saturated carbocycles. The summed E-state index contributed by atoms with van der Waals surface area (Å²) in [6, 6.07) is 8.41. The predicted molar refractivity (Wildman–Crippen MR) is 188 cm³/mol. The number of phenols is 1. The quantitative estimate of drug-likeness (QED) is 0.222. The second kappa shape index (κ2) is 10.8. The lowest BCUT2D eigenvalue weighted by Crippen LogP contribution is -2.34. The predicted octanol–water partition coefficient (Wildman–Crippen LogP) is 9.39. The second-order valence-corrected chi connectivity index (χ2v) is 20.3. The Balaban J connectivity index is 1.66. The topological polar surface area (TPSA) is 74.3 Å². The number of carbonyl (C=O) groups is 2. The number of carbonyl (C=O) groups excluding carboxylic acids is 2. The van der Waals surface area contributed by atoms with Gasteiger partial charge in [0.2, 0.25) is 17.3 Å². The maximum Gasteiger partial charge on any atom is 0.230 e. The van der Waals surface area contributed by atoms with Crippen molar-refractivity contribution in [2.45, 2.75) is 104 Å². The molecule has 5 rings (SSSR count). The summed E-state index contributed by atoms with van der Waals surface area (Å²) in [6.07, 6.45) is 0. The molecule has 0 amide bonds. The zero-order valence-electron chi connectivity index (χ0n) is 27.6. The highest BCUT2D eigenvalue weighted by atomic mass is 32.2. The van der Waals surface area contributed by atoms with Gasteiger partial charge in [-0.25, -0.2) is 0 Å². The molecule has 1 fully saturated rings. The Morgan fingerprint density at radius 1 is 0.523 bits per heavy atom. The van der Waals surface area contributed by atoms with Gasteiger partial charge in [0.25, 0.3) is 0 Å². The van der Waals surface area contributed by atoms with Crippen LogP contribution in [0, 0.1) is 10.8 Å². The largest absolute Gasteiger partial charge is 0.504 e. The van der Waals surface area contributed by atoms with Crippen molar-refractivity contribution in [3.05, 3.63) is 66.8 Å². The molecule has 1 N–H and O–H groups in total. The summed E-state index contributed by atoms with van der Waals surface area (Å²) in [5.74, 6) is -1.17. The Morgan fingerprint density at radius 3 is 1.20 bits per heavy atom. The van der Waals surface area contributed by atoms with E-state index in [0.29, 0.717) is 22.3 Å². The Hall–Kier alpha value is -2.00. The first kappa shape index (κ1) is 33.4. The zero-order valence-corrected chi connectivity index (χ0v) is 30.9. The van der Waals surface area contributed by atoms with Gasteiger partial charge in [0.15, 0.2) is 5.75 Å². The van der Waals surface area contributed by atoms with Crippen molar-refractivity contribution >= 4 is 67.1 Å². The van der Waals surface area contributed by atoms with Crippen LogP contribution in [-0.2, 0) is 25.5 Å². The van der Waals surface area contributed by atoms with E-state index in [-0.39, 0.29) is 23.1 Å². The van der Waals surface area contributed by atoms with Crippen molar-refractivity contribution in [2.24, 2.45) is 10.8 Å². The van der Waals surface area contributed by atoms with Crippen molar-refractivity contribution in [2.75, 3.05) is 0 Å². The maximum absolute atomic E-state index is 13.5. The number of thioether (sulfide) groups is 4. The summed E-state index contributed by atoms with van der Waals surface area (Å²) in [7, 11) is 0. The van der Waals surface area contributed by atoms with Crippen LogP contribution in [0.3, 0.4) is 0 Å². The van der Waals surface area contributed by atoms with Crippen LogP contribution in [0.15, 0.2) is 55.0 Å². The fourth-order valence-electron chi connectivity index (χ4n) is 5.85. The molecule has 0 aromatic heterocycles. The molecule has 2 aromatic carbocycles. The van der Waals surface area contributed by atoms with Crippen molar-refractivity contribution in [3.63, 3.8) is 0 Å². The molecule has 1 radical (unpaired) electrons. The van der Waals surface area contributed by atoms with Crippen molar-refractivity contribution < 1.29 is 19.8 Å². The third kappa shape index (κ3) is 5.62. The van der Waals surface area contributed by atoms with Gasteiger partial charge in [0, 0.05) is 41.9 Å². The van der Waals surface area contributed by atoms with Crippen LogP contribution >= 0.6 is 47.0 Å². The highest BCUT2D eigenvalue weighted by Gasteiger charge is 2.46. The van der Waals surface area contributed by atoms with Crippen LogP contribution in [0.2, 0.25) is 0 Å². The number of allylic oxidation sites excluding steroid dienone is 2. The van der Waals surface area contributed by atoms with E-state index in [0.717, 1.165) is 38.5 Å². The standard InChI is InChI=1S/C36H41O4S4/c1-33(2,3)19-23(37)24(38)20(34(4,5)6)28-27(19)41-31(42-28)17-13-15-18(16-14-17)32-43-29-21(35(7,8)9)25(39)26(40)22(30(29)44-32)36(10,11)12/h13-16,37H,1-12H3. The van der Waals surface area contributed by atoms with E-state index in [2.05, 4.69) is 24.3 Å². The summed E-state index contributed by atoms with van der Waals surface area (Å²) in [5.41, 5.74) is 0.848. The average molecular weight is 666 g/mol. The summed E-state index contributed by atoms with van der Waals surface area (Å²) < 4.78 is 2.13. The number of aromatic hydroxyl groups is 1. The number of benzene rings is 2. The number of hydrogen-bond acceptors (Lipinski definition) is 7. The molecule has 233 valence electrons. The summed E-state index contributed by atoms with van der Waals surface area (Å²) >= 11 is 6.44. The molecule has 0 bridgehead atoms.